The standard InChI is InChI=1S/C17H14FNO3/c1-20-9-12-6-16-17(22-10-21-16)7-14(12)15(8-19)11-2-4-13(18)5-3-11/h2-7,15H,9-10H2,1H3. The average Bonchev–Trinajstić information content (AvgIpc) is 2.97. The Labute approximate surface area is 127 Å². The summed E-state index contributed by atoms with van der Waals surface area (Å²) in [5.41, 5.74) is 2.35. The summed E-state index contributed by atoms with van der Waals surface area (Å²) in [5, 5.41) is 9.59. The highest BCUT2D eigenvalue weighted by Gasteiger charge is 2.23. The van der Waals surface area contributed by atoms with E-state index in [2.05, 4.69) is 6.07 Å². The number of rotatable bonds is 4. The van der Waals surface area contributed by atoms with Gasteiger partial charge in [-0.1, -0.05) is 12.1 Å². The minimum atomic E-state index is -0.528. The van der Waals surface area contributed by atoms with Crippen LogP contribution in [0, 0.1) is 17.1 Å². The van der Waals surface area contributed by atoms with Crippen molar-refractivity contribution >= 4 is 0 Å². The molecule has 112 valence electrons. The summed E-state index contributed by atoms with van der Waals surface area (Å²) < 4.78 is 29.1. The van der Waals surface area contributed by atoms with Gasteiger partial charge in [0.1, 0.15) is 5.82 Å². The van der Waals surface area contributed by atoms with Crippen molar-refractivity contribution in [1.82, 2.24) is 0 Å². The molecule has 0 bridgehead atoms. The van der Waals surface area contributed by atoms with Gasteiger partial charge in [-0.25, -0.2) is 4.39 Å². The molecule has 2 aromatic carbocycles. The Morgan fingerprint density at radius 1 is 1.23 bits per heavy atom. The number of ether oxygens (including phenoxy) is 3. The van der Waals surface area contributed by atoms with Gasteiger partial charge in [0, 0.05) is 7.11 Å². The zero-order valence-electron chi connectivity index (χ0n) is 12.0. The molecule has 0 amide bonds. The normalized spacial score (nSPS) is 13.7. The topological polar surface area (TPSA) is 51.5 Å². The molecule has 5 heteroatoms. The highest BCUT2D eigenvalue weighted by atomic mass is 19.1. The molecule has 0 fully saturated rings. The monoisotopic (exact) mass is 299 g/mol. The molecule has 1 unspecified atom stereocenters. The summed E-state index contributed by atoms with van der Waals surface area (Å²) in [6.07, 6.45) is 0. The molecule has 2 aromatic rings. The minimum absolute atomic E-state index is 0.166. The number of methoxy groups -OCH3 is 1. The van der Waals surface area contributed by atoms with Crippen molar-refractivity contribution in [3.05, 3.63) is 58.9 Å². The minimum Gasteiger partial charge on any atom is -0.454 e. The van der Waals surface area contributed by atoms with Crippen LogP contribution in [-0.4, -0.2) is 13.9 Å². The van der Waals surface area contributed by atoms with Gasteiger partial charge >= 0.3 is 0 Å². The van der Waals surface area contributed by atoms with Crippen LogP contribution in [0.5, 0.6) is 11.5 Å². The van der Waals surface area contributed by atoms with E-state index in [1.165, 1.54) is 12.1 Å². The van der Waals surface area contributed by atoms with Gasteiger partial charge in [-0.05, 0) is 41.0 Å². The van der Waals surface area contributed by atoms with Crippen molar-refractivity contribution in [3.63, 3.8) is 0 Å². The number of hydrogen-bond donors (Lipinski definition) is 0. The first-order valence-electron chi connectivity index (χ1n) is 6.79. The third kappa shape index (κ3) is 2.61. The molecule has 0 N–H and O–H groups in total. The number of fused-ring (bicyclic) bond motifs is 1. The molecule has 0 saturated carbocycles. The first-order valence-corrected chi connectivity index (χ1v) is 6.79. The molecular formula is C17H14FNO3. The second kappa shape index (κ2) is 6.04. The molecule has 4 nitrogen and oxygen atoms in total. The smallest absolute Gasteiger partial charge is 0.231 e. The van der Waals surface area contributed by atoms with Crippen LogP contribution in [-0.2, 0) is 11.3 Å². The van der Waals surface area contributed by atoms with E-state index in [4.69, 9.17) is 14.2 Å². The van der Waals surface area contributed by atoms with E-state index in [9.17, 15) is 9.65 Å². The summed E-state index contributed by atoms with van der Waals surface area (Å²) >= 11 is 0. The van der Waals surface area contributed by atoms with Crippen LogP contribution in [0.3, 0.4) is 0 Å². The number of benzene rings is 2. The van der Waals surface area contributed by atoms with Crippen LogP contribution < -0.4 is 9.47 Å². The van der Waals surface area contributed by atoms with Crippen LogP contribution in [0.2, 0.25) is 0 Å². The summed E-state index contributed by atoms with van der Waals surface area (Å²) in [6.45, 7) is 0.518. The summed E-state index contributed by atoms with van der Waals surface area (Å²) in [6, 6.07) is 11.8. The van der Waals surface area contributed by atoms with Crippen LogP contribution in [0.1, 0.15) is 22.6 Å². The van der Waals surface area contributed by atoms with Crippen molar-refractivity contribution in [3.8, 4) is 17.6 Å². The summed E-state index contributed by atoms with van der Waals surface area (Å²) in [5.74, 6) is 0.396. The SMILES string of the molecule is COCc1cc2c(cc1C(C#N)c1ccc(F)cc1)OCO2. The van der Waals surface area contributed by atoms with E-state index < -0.39 is 5.92 Å². The Morgan fingerprint density at radius 3 is 2.55 bits per heavy atom. The molecule has 1 aliphatic rings. The Bertz CT molecular complexity index is 722. The van der Waals surface area contributed by atoms with Crippen molar-refractivity contribution in [2.45, 2.75) is 12.5 Å². The van der Waals surface area contributed by atoms with E-state index in [1.807, 2.05) is 6.07 Å². The van der Waals surface area contributed by atoms with Crippen molar-refractivity contribution in [2.24, 2.45) is 0 Å². The maximum atomic E-state index is 13.1. The fourth-order valence-corrected chi connectivity index (χ4v) is 2.53. The van der Waals surface area contributed by atoms with Gasteiger partial charge in [-0.15, -0.1) is 0 Å². The second-order valence-electron chi connectivity index (χ2n) is 4.95. The van der Waals surface area contributed by atoms with E-state index >= 15 is 0 Å². The van der Waals surface area contributed by atoms with Crippen molar-refractivity contribution in [1.29, 1.82) is 5.26 Å². The van der Waals surface area contributed by atoms with Crippen molar-refractivity contribution in [2.75, 3.05) is 13.9 Å². The van der Waals surface area contributed by atoms with Gasteiger partial charge in [0.15, 0.2) is 11.5 Å². The van der Waals surface area contributed by atoms with Gasteiger partial charge in [0.2, 0.25) is 6.79 Å². The largest absolute Gasteiger partial charge is 0.454 e. The lowest BCUT2D eigenvalue weighted by Crippen LogP contribution is -2.04. The molecule has 1 aliphatic heterocycles. The summed E-state index contributed by atoms with van der Waals surface area (Å²) in [4.78, 5) is 0. The molecule has 0 saturated heterocycles. The fourth-order valence-electron chi connectivity index (χ4n) is 2.53. The molecule has 0 aromatic heterocycles. The van der Waals surface area contributed by atoms with Crippen molar-refractivity contribution < 1.29 is 18.6 Å². The first kappa shape index (κ1) is 14.4. The van der Waals surface area contributed by atoms with E-state index in [-0.39, 0.29) is 12.6 Å². The Hall–Kier alpha value is -2.58. The third-order valence-electron chi connectivity index (χ3n) is 3.58. The lowest BCUT2D eigenvalue weighted by Gasteiger charge is -2.15. The van der Waals surface area contributed by atoms with Gasteiger partial charge in [-0.2, -0.15) is 5.26 Å². The molecular weight excluding hydrogens is 285 g/mol. The predicted octanol–water partition coefficient (Wildman–Crippen LogP) is 3.36. The highest BCUT2D eigenvalue weighted by Crippen LogP contribution is 2.39. The van der Waals surface area contributed by atoms with Gasteiger partial charge in [-0.3, -0.25) is 0 Å². The maximum absolute atomic E-state index is 13.1. The number of nitriles is 1. The van der Waals surface area contributed by atoms with E-state index in [0.717, 1.165) is 16.7 Å². The fraction of sp³-hybridized carbons (Fsp3) is 0.235. The number of halogens is 1. The molecule has 0 aliphatic carbocycles. The molecule has 3 rings (SSSR count). The molecule has 0 radical (unpaired) electrons. The average molecular weight is 299 g/mol. The Morgan fingerprint density at radius 2 is 1.91 bits per heavy atom. The number of hydrogen-bond acceptors (Lipinski definition) is 4. The van der Waals surface area contributed by atoms with Crippen LogP contribution >= 0.6 is 0 Å². The number of nitrogens with zero attached hydrogens (tertiary/aromatic N) is 1. The molecule has 1 heterocycles. The zero-order chi connectivity index (χ0) is 15.5. The maximum Gasteiger partial charge on any atom is 0.231 e. The molecule has 1 atom stereocenters. The Kier molecular flexibility index (Phi) is 3.94. The molecule has 0 spiro atoms. The van der Waals surface area contributed by atoms with Gasteiger partial charge in [0.25, 0.3) is 0 Å². The van der Waals surface area contributed by atoms with E-state index in [1.54, 1.807) is 25.3 Å². The second-order valence-corrected chi connectivity index (χ2v) is 4.95. The van der Waals surface area contributed by atoms with Crippen LogP contribution in [0.4, 0.5) is 4.39 Å². The Balaban J connectivity index is 2.08. The lowest BCUT2D eigenvalue weighted by molar-refractivity contribution is 0.173. The highest BCUT2D eigenvalue weighted by molar-refractivity contribution is 5.53. The quantitative estimate of drug-likeness (QED) is 0.868. The van der Waals surface area contributed by atoms with Crippen LogP contribution in [0.15, 0.2) is 36.4 Å². The summed E-state index contributed by atoms with van der Waals surface area (Å²) in [7, 11) is 1.59. The van der Waals surface area contributed by atoms with Crippen LogP contribution in [0.25, 0.3) is 0 Å². The molecule has 22 heavy (non-hydrogen) atoms. The predicted molar refractivity (Wildman–Crippen MR) is 77.1 cm³/mol. The zero-order valence-corrected chi connectivity index (χ0v) is 12.0. The first-order chi connectivity index (χ1) is 10.7. The van der Waals surface area contributed by atoms with Gasteiger partial charge in [0.05, 0.1) is 18.6 Å². The lowest BCUT2D eigenvalue weighted by atomic mass is 9.89. The van der Waals surface area contributed by atoms with Gasteiger partial charge < -0.3 is 14.2 Å². The third-order valence-corrected chi connectivity index (χ3v) is 3.58. The van der Waals surface area contributed by atoms with E-state index in [0.29, 0.717) is 18.1 Å².